The minimum absolute atomic E-state index is 0.415. The highest BCUT2D eigenvalue weighted by atomic mass is 16.2. The Labute approximate surface area is 134 Å². The second-order valence-electron chi connectivity index (χ2n) is 9.27. The smallest absolute Gasteiger partial charge is 0.223 e. The maximum atomic E-state index is 13.0. The van der Waals surface area contributed by atoms with Crippen molar-refractivity contribution in [2.45, 2.75) is 63.8 Å². The Morgan fingerprint density at radius 1 is 0.955 bits per heavy atom. The highest BCUT2D eigenvalue weighted by Crippen LogP contribution is 2.61. The maximum absolute atomic E-state index is 13.0. The predicted octanol–water partition coefficient (Wildman–Crippen LogP) is 2.90. The van der Waals surface area contributed by atoms with Crippen LogP contribution in [0.3, 0.4) is 0 Å². The van der Waals surface area contributed by atoms with E-state index in [4.69, 9.17) is 0 Å². The van der Waals surface area contributed by atoms with E-state index in [-0.39, 0.29) is 0 Å². The number of fused-ring (bicyclic) bond motifs is 1. The number of hydrogen-bond donors (Lipinski definition) is 0. The highest BCUT2D eigenvalue weighted by Gasteiger charge is 2.52. The summed E-state index contributed by atoms with van der Waals surface area (Å²) in [5.74, 6) is 3.38. The number of piperazine rings is 1. The molecule has 2 aliphatic heterocycles. The Hall–Kier alpha value is -0.570. The molecule has 4 bridgehead atoms. The molecule has 0 aromatic rings. The van der Waals surface area contributed by atoms with E-state index in [1.54, 1.807) is 0 Å². The van der Waals surface area contributed by atoms with Crippen molar-refractivity contribution in [2.75, 3.05) is 26.2 Å². The van der Waals surface area contributed by atoms with Crippen LogP contribution in [0.25, 0.3) is 0 Å². The summed E-state index contributed by atoms with van der Waals surface area (Å²) < 4.78 is 0. The molecule has 3 nitrogen and oxygen atoms in total. The predicted molar refractivity (Wildman–Crippen MR) is 86.4 cm³/mol. The third kappa shape index (κ3) is 2.23. The summed E-state index contributed by atoms with van der Waals surface area (Å²) >= 11 is 0. The molecule has 2 heterocycles. The minimum atomic E-state index is 0.415. The Bertz CT molecular complexity index is 439. The van der Waals surface area contributed by atoms with Gasteiger partial charge in [0.15, 0.2) is 0 Å². The molecule has 3 heteroatoms. The minimum Gasteiger partial charge on any atom is -0.340 e. The zero-order chi connectivity index (χ0) is 14.7. The van der Waals surface area contributed by atoms with Crippen LogP contribution in [0.2, 0.25) is 0 Å². The van der Waals surface area contributed by atoms with Crippen LogP contribution in [0, 0.1) is 23.2 Å². The zero-order valence-corrected chi connectivity index (χ0v) is 13.8. The molecule has 6 aliphatic rings. The Kier molecular flexibility index (Phi) is 3.12. The number of nitrogens with zero attached hydrogens (tertiary/aromatic N) is 2. The van der Waals surface area contributed by atoms with Crippen LogP contribution in [0.15, 0.2) is 0 Å². The second-order valence-corrected chi connectivity index (χ2v) is 9.27. The monoisotopic (exact) mass is 302 g/mol. The maximum Gasteiger partial charge on any atom is 0.223 e. The topological polar surface area (TPSA) is 23.6 Å². The van der Waals surface area contributed by atoms with Crippen LogP contribution in [-0.2, 0) is 4.79 Å². The first kappa shape index (κ1) is 13.8. The molecule has 4 saturated carbocycles. The van der Waals surface area contributed by atoms with Gasteiger partial charge in [-0.1, -0.05) is 0 Å². The summed E-state index contributed by atoms with van der Waals surface area (Å²) in [5.41, 5.74) is 0.415. The molecule has 122 valence electrons. The van der Waals surface area contributed by atoms with Crippen LogP contribution in [0.4, 0.5) is 0 Å². The zero-order valence-electron chi connectivity index (χ0n) is 13.8. The van der Waals surface area contributed by atoms with Gasteiger partial charge in [-0.25, -0.2) is 0 Å². The van der Waals surface area contributed by atoms with E-state index >= 15 is 0 Å². The van der Waals surface area contributed by atoms with Crippen molar-refractivity contribution in [2.24, 2.45) is 23.2 Å². The number of carbonyl (C=O) groups excluding carboxylic acids is 1. The SMILES string of the molecule is O=C(CC12CC3CC(CC(C3)C1)C2)N1CCN2CCCC2C1. The standard InChI is InChI=1S/C19H30N2O/c22-18(21-5-4-20-3-1-2-17(20)13-21)12-19-9-14-6-15(10-19)8-16(7-14)11-19/h14-17H,1-13H2. The fourth-order valence-corrected chi connectivity index (χ4v) is 7.16. The van der Waals surface area contributed by atoms with Gasteiger partial charge in [0.05, 0.1) is 0 Å². The van der Waals surface area contributed by atoms with Crippen molar-refractivity contribution in [1.29, 1.82) is 0 Å². The summed E-state index contributed by atoms with van der Waals surface area (Å²) in [6.45, 7) is 4.39. The molecule has 0 N–H and O–H groups in total. The summed E-state index contributed by atoms with van der Waals surface area (Å²) in [7, 11) is 0. The summed E-state index contributed by atoms with van der Waals surface area (Å²) in [6.07, 6.45) is 12.1. The van der Waals surface area contributed by atoms with Crippen LogP contribution >= 0.6 is 0 Å². The van der Waals surface area contributed by atoms with Crippen molar-refractivity contribution >= 4 is 5.91 Å². The average Bonchev–Trinajstić information content (AvgIpc) is 2.92. The van der Waals surface area contributed by atoms with Crippen LogP contribution in [0.5, 0.6) is 0 Å². The van der Waals surface area contributed by atoms with Gasteiger partial charge < -0.3 is 4.90 Å². The quantitative estimate of drug-likeness (QED) is 0.783. The van der Waals surface area contributed by atoms with Crippen molar-refractivity contribution in [3.63, 3.8) is 0 Å². The van der Waals surface area contributed by atoms with E-state index in [1.807, 2.05) is 0 Å². The third-order valence-electron chi connectivity index (χ3n) is 7.63. The second kappa shape index (κ2) is 4.96. The first-order valence-electron chi connectivity index (χ1n) is 9.71. The molecule has 1 amide bonds. The fourth-order valence-electron chi connectivity index (χ4n) is 7.16. The summed E-state index contributed by atoms with van der Waals surface area (Å²) in [6, 6.07) is 0.675. The van der Waals surface area contributed by atoms with E-state index in [0.29, 0.717) is 17.4 Å². The molecule has 0 radical (unpaired) electrons. The molecule has 4 aliphatic carbocycles. The Balaban J connectivity index is 1.27. The number of rotatable bonds is 2. The van der Waals surface area contributed by atoms with Gasteiger partial charge in [0, 0.05) is 32.1 Å². The van der Waals surface area contributed by atoms with Crippen LogP contribution < -0.4 is 0 Å². The Morgan fingerprint density at radius 3 is 2.32 bits per heavy atom. The molecule has 6 fully saturated rings. The van der Waals surface area contributed by atoms with E-state index in [0.717, 1.165) is 43.8 Å². The van der Waals surface area contributed by atoms with Crippen molar-refractivity contribution in [3.05, 3.63) is 0 Å². The largest absolute Gasteiger partial charge is 0.340 e. The van der Waals surface area contributed by atoms with Gasteiger partial charge in [0.25, 0.3) is 0 Å². The van der Waals surface area contributed by atoms with Crippen LogP contribution in [0.1, 0.15) is 57.8 Å². The molecule has 6 rings (SSSR count). The molecular weight excluding hydrogens is 272 g/mol. The third-order valence-corrected chi connectivity index (χ3v) is 7.63. The molecule has 2 saturated heterocycles. The first-order valence-corrected chi connectivity index (χ1v) is 9.71. The Morgan fingerprint density at radius 2 is 1.64 bits per heavy atom. The lowest BCUT2D eigenvalue weighted by Crippen LogP contribution is -2.54. The lowest BCUT2D eigenvalue weighted by atomic mass is 9.49. The van der Waals surface area contributed by atoms with E-state index in [2.05, 4.69) is 9.80 Å². The number of amides is 1. The lowest BCUT2D eigenvalue weighted by Gasteiger charge is -2.57. The summed E-state index contributed by atoms with van der Waals surface area (Å²) in [4.78, 5) is 17.8. The van der Waals surface area contributed by atoms with Gasteiger partial charge in [-0.05, 0) is 81.1 Å². The molecule has 0 spiro atoms. The number of carbonyl (C=O) groups is 1. The van der Waals surface area contributed by atoms with Crippen molar-refractivity contribution < 1.29 is 4.79 Å². The first-order chi connectivity index (χ1) is 10.7. The average molecular weight is 302 g/mol. The van der Waals surface area contributed by atoms with Gasteiger partial charge in [-0.2, -0.15) is 0 Å². The molecule has 1 atom stereocenters. The van der Waals surface area contributed by atoms with Crippen molar-refractivity contribution in [3.8, 4) is 0 Å². The van der Waals surface area contributed by atoms with Gasteiger partial charge in [-0.15, -0.1) is 0 Å². The normalized spacial score (nSPS) is 47.0. The van der Waals surface area contributed by atoms with Gasteiger partial charge >= 0.3 is 0 Å². The van der Waals surface area contributed by atoms with Crippen molar-refractivity contribution in [1.82, 2.24) is 9.80 Å². The van der Waals surface area contributed by atoms with E-state index < -0.39 is 0 Å². The molecule has 0 aromatic carbocycles. The van der Waals surface area contributed by atoms with Gasteiger partial charge in [0.2, 0.25) is 5.91 Å². The van der Waals surface area contributed by atoms with E-state index in [9.17, 15) is 4.79 Å². The molecule has 22 heavy (non-hydrogen) atoms. The van der Waals surface area contributed by atoms with Gasteiger partial charge in [0.1, 0.15) is 0 Å². The molecular formula is C19H30N2O. The highest BCUT2D eigenvalue weighted by molar-refractivity contribution is 5.77. The molecule has 0 aromatic heterocycles. The van der Waals surface area contributed by atoms with E-state index in [1.165, 1.54) is 57.9 Å². The molecule has 1 unspecified atom stereocenters. The fraction of sp³-hybridized carbons (Fsp3) is 0.947. The van der Waals surface area contributed by atoms with Gasteiger partial charge in [-0.3, -0.25) is 9.69 Å². The van der Waals surface area contributed by atoms with Crippen LogP contribution in [-0.4, -0.2) is 47.9 Å². The lowest BCUT2D eigenvalue weighted by molar-refractivity contribution is -0.142. The summed E-state index contributed by atoms with van der Waals surface area (Å²) in [5, 5.41) is 0. The number of hydrogen-bond acceptors (Lipinski definition) is 2.